The van der Waals surface area contributed by atoms with Gasteiger partial charge in [0.2, 0.25) is 5.91 Å². The van der Waals surface area contributed by atoms with Crippen LogP contribution in [0.25, 0.3) is 0 Å². The zero-order valence-corrected chi connectivity index (χ0v) is 20.1. The Hall–Kier alpha value is -3.39. The van der Waals surface area contributed by atoms with Crippen molar-refractivity contribution in [3.05, 3.63) is 75.9 Å². The van der Waals surface area contributed by atoms with Gasteiger partial charge in [0.1, 0.15) is 11.5 Å². The normalized spacial score (nSPS) is 14.5. The third kappa shape index (κ3) is 5.39. The second-order valence-corrected chi connectivity index (χ2v) is 9.43. The number of amides is 2. The number of thiophene rings is 1. The molecule has 2 heterocycles. The lowest BCUT2D eigenvalue weighted by Gasteiger charge is -2.31. The minimum absolute atomic E-state index is 0.0852. The van der Waals surface area contributed by atoms with Crippen LogP contribution in [0.15, 0.2) is 58.3 Å². The first kappa shape index (κ1) is 23.8. The van der Waals surface area contributed by atoms with E-state index in [0.717, 1.165) is 30.6 Å². The van der Waals surface area contributed by atoms with E-state index in [1.54, 1.807) is 43.3 Å². The van der Waals surface area contributed by atoms with Gasteiger partial charge < -0.3 is 14.5 Å². The van der Waals surface area contributed by atoms with Crippen LogP contribution in [0.2, 0.25) is 0 Å². The van der Waals surface area contributed by atoms with Gasteiger partial charge in [-0.05, 0) is 67.6 Å². The Kier molecular flexibility index (Phi) is 7.47. The first-order chi connectivity index (χ1) is 16.5. The summed E-state index contributed by atoms with van der Waals surface area (Å²) in [5, 5.41) is 5.04. The van der Waals surface area contributed by atoms with E-state index in [0.29, 0.717) is 22.8 Å². The fourth-order valence-electron chi connectivity index (χ4n) is 4.28. The number of carbonyl (C=O) groups is 3. The fourth-order valence-corrected chi connectivity index (χ4v) is 4.98. The highest BCUT2D eigenvalue weighted by Gasteiger charge is 2.36. The van der Waals surface area contributed by atoms with E-state index in [1.165, 1.54) is 23.3 Å². The van der Waals surface area contributed by atoms with Crippen molar-refractivity contribution < 1.29 is 23.5 Å². The molecule has 1 fully saturated rings. The van der Waals surface area contributed by atoms with Crippen LogP contribution in [0.3, 0.4) is 0 Å². The molecular weight excluding hydrogens is 452 g/mol. The number of methoxy groups -OCH3 is 1. The predicted molar refractivity (Wildman–Crippen MR) is 130 cm³/mol. The molecule has 2 amide bonds. The monoisotopic (exact) mass is 480 g/mol. The average molecular weight is 481 g/mol. The minimum atomic E-state index is -0.981. The maximum absolute atomic E-state index is 13.7. The van der Waals surface area contributed by atoms with Crippen LogP contribution in [0, 0.1) is 6.92 Å². The van der Waals surface area contributed by atoms with Crippen molar-refractivity contribution in [1.82, 2.24) is 5.32 Å². The number of anilines is 1. The van der Waals surface area contributed by atoms with Crippen molar-refractivity contribution >= 4 is 34.8 Å². The number of hydrogen-bond acceptors (Lipinski definition) is 6. The molecule has 1 aromatic carbocycles. The third-order valence-corrected chi connectivity index (χ3v) is 6.86. The summed E-state index contributed by atoms with van der Waals surface area (Å²) < 4.78 is 10.7. The molecule has 0 aliphatic heterocycles. The minimum Gasteiger partial charge on any atom is -0.465 e. The SMILES string of the molecule is COC(=O)c1ccc(N(C(=O)Cc2cccs2)[C@@H](C(=O)NC2CCCC2)c2ccc(C)o2)cc1. The van der Waals surface area contributed by atoms with Crippen LogP contribution >= 0.6 is 11.3 Å². The Labute approximate surface area is 202 Å². The van der Waals surface area contributed by atoms with Crippen LogP contribution in [0.4, 0.5) is 5.69 Å². The molecule has 0 unspecified atom stereocenters. The van der Waals surface area contributed by atoms with Gasteiger partial charge in [0.15, 0.2) is 6.04 Å². The highest BCUT2D eigenvalue weighted by atomic mass is 32.1. The van der Waals surface area contributed by atoms with Gasteiger partial charge in [-0.2, -0.15) is 0 Å². The number of aryl methyl sites for hydroxylation is 1. The average Bonchev–Trinajstić information content (AvgIpc) is 3.61. The molecule has 34 heavy (non-hydrogen) atoms. The summed E-state index contributed by atoms with van der Waals surface area (Å²) in [4.78, 5) is 41.6. The fraction of sp³-hybridized carbons (Fsp3) is 0.346. The van der Waals surface area contributed by atoms with Gasteiger partial charge in [-0.25, -0.2) is 4.79 Å². The van der Waals surface area contributed by atoms with Gasteiger partial charge in [0.25, 0.3) is 5.91 Å². The Morgan fingerprint density at radius 2 is 1.85 bits per heavy atom. The molecule has 0 bridgehead atoms. The Morgan fingerprint density at radius 3 is 2.44 bits per heavy atom. The molecule has 4 rings (SSSR count). The number of ether oxygens (including phenoxy) is 1. The smallest absolute Gasteiger partial charge is 0.337 e. The maximum Gasteiger partial charge on any atom is 0.337 e. The standard InChI is InChI=1S/C26H28N2O5S/c1-17-9-14-22(33-17)24(25(30)27-19-6-3-4-7-19)28(23(29)16-21-8-5-15-34-21)20-12-10-18(11-13-20)26(31)32-2/h5,8-15,19,24H,3-4,6-7,16H2,1-2H3,(H,27,30)/t24-/m1/s1. The number of nitrogens with zero attached hydrogens (tertiary/aromatic N) is 1. The molecule has 1 aliphatic carbocycles. The summed E-state index contributed by atoms with van der Waals surface area (Å²) in [6, 6.07) is 12.9. The van der Waals surface area contributed by atoms with E-state index >= 15 is 0 Å². The van der Waals surface area contributed by atoms with Crippen LogP contribution in [-0.2, 0) is 20.7 Å². The van der Waals surface area contributed by atoms with Crippen molar-refractivity contribution in [2.24, 2.45) is 0 Å². The second kappa shape index (κ2) is 10.7. The van der Waals surface area contributed by atoms with Gasteiger partial charge >= 0.3 is 5.97 Å². The number of carbonyl (C=O) groups excluding carboxylic acids is 3. The van der Waals surface area contributed by atoms with Gasteiger partial charge in [-0.1, -0.05) is 18.9 Å². The van der Waals surface area contributed by atoms with E-state index in [-0.39, 0.29) is 24.3 Å². The summed E-state index contributed by atoms with van der Waals surface area (Å²) in [5.74, 6) is 0.0526. The highest BCUT2D eigenvalue weighted by molar-refractivity contribution is 7.10. The van der Waals surface area contributed by atoms with Crippen LogP contribution in [-0.4, -0.2) is 30.9 Å². The largest absolute Gasteiger partial charge is 0.465 e. The van der Waals surface area contributed by atoms with E-state index < -0.39 is 12.0 Å². The summed E-state index contributed by atoms with van der Waals surface area (Å²) in [7, 11) is 1.32. The third-order valence-electron chi connectivity index (χ3n) is 5.98. The molecule has 1 saturated carbocycles. The zero-order chi connectivity index (χ0) is 24.1. The molecular formula is C26H28N2O5S. The van der Waals surface area contributed by atoms with Crippen molar-refractivity contribution in [3.63, 3.8) is 0 Å². The summed E-state index contributed by atoms with van der Waals surface area (Å²) >= 11 is 1.49. The number of rotatable bonds is 8. The molecule has 1 N–H and O–H groups in total. The summed E-state index contributed by atoms with van der Waals surface area (Å²) in [6.07, 6.45) is 4.14. The molecule has 0 saturated heterocycles. The van der Waals surface area contributed by atoms with Crippen molar-refractivity contribution in [2.45, 2.75) is 51.1 Å². The van der Waals surface area contributed by atoms with E-state index in [2.05, 4.69) is 5.32 Å². The van der Waals surface area contributed by atoms with Crippen molar-refractivity contribution in [3.8, 4) is 0 Å². The van der Waals surface area contributed by atoms with Crippen LogP contribution in [0.1, 0.15) is 58.5 Å². The number of hydrogen-bond donors (Lipinski definition) is 1. The molecule has 0 spiro atoms. The first-order valence-corrected chi connectivity index (χ1v) is 12.2. The second-order valence-electron chi connectivity index (χ2n) is 8.40. The first-order valence-electron chi connectivity index (χ1n) is 11.4. The number of nitrogens with one attached hydrogen (secondary N) is 1. The molecule has 178 valence electrons. The van der Waals surface area contributed by atoms with Gasteiger partial charge in [-0.3, -0.25) is 14.5 Å². The maximum atomic E-state index is 13.7. The van der Waals surface area contributed by atoms with Gasteiger partial charge in [0.05, 0.1) is 19.1 Å². The Morgan fingerprint density at radius 1 is 1.12 bits per heavy atom. The molecule has 8 heteroatoms. The van der Waals surface area contributed by atoms with Crippen molar-refractivity contribution in [2.75, 3.05) is 12.0 Å². The molecule has 3 aromatic rings. The van der Waals surface area contributed by atoms with Gasteiger partial charge in [0, 0.05) is 16.6 Å². The number of esters is 1. The zero-order valence-electron chi connectivity index (χ0n) is 19.3. The van der Waals surface area contributed by atoms with E-state index in [9.17, 15) is 14.4 Å². The van der Waals surface area contributed by atoms with Crippen molar-refractivity contribution in [1.29, 1.82) is 0 Å². The van der Waals surface area contributed by atoms with Gasteiger partial charge in [-0.15, -0.1) is 11.3 Å². The topological polar surface area (TPSA) is 88.8 Å². The Bertz CT molecular complexity index is 1130. The Balaban J connectivity index is 1.74. The van der Waals surface area contributed by atoms with E-state index in [4.69, 9.17) is 9.15 Å². The lowest BCUT2D eigenvalue weighted by molar-refractivity contribution is -0.127. The summed E-state index contributed by atoms with van der Waals surface area (Å²) in [5.41, 5.74) is 0.854. The number of furan rings is 1. The number of benzene rings is 1. The lowest BCUT2D eigenvalue weighted by atomic mass is 10.1. The molecule has 1 aliphatic rings. The van der Waals surface area contributed by atoms with Crippen LogP contribution < -0.4 is 10.2 Å². The molecule has 2 aromatic heterocycles. The van der Waals surface area contributed by atoms with E-state index in [1.807, 2.05) is 17.5 Å². The summed E-state index contributed by atoms with van der Waals surface area (Å²) in [6.45, 7) is 1.80. The predicted octanol–water partition coefficient (Wildman–Crippen LogP) is 4.81. The quantitative estimate of drug-likeness (QED) is 0.467. The molecule has 0 radical (unpaired) electrons. The highest BCUT2D eigenvalue weighted by Crippen LogP contribution is 2.31. The molecule has 1 atom stereocenters. The van der Waals surface area contributed by atoms with Crippen LogP contribution in [0.5, 0.6) is 0 Å². The lowest BCUT2D eigenvalue weighted by Crippen LogP contribution is -2.46. The molecule has 7 nitrogen and oxygen atoms in total.